The van der Waals surface area contributed by atoms with Gasteiger partial charge in [-0.2, -0.15) is 0 Å². The minimum Gasteiger partial charge on any atom is -0.490 e. The molecule has 2 N–H and O–H groups in total. The normalized spacial score (nSPS) is 13.5. The Kier molecular flexibility index (Phi) is 9.63. The summed E-state index contributed by atoms with van der Waals surface area (Å²) in [6.07, 6.45) is 1.14. The van der Waals surface area contributed by atoms with Crippen LogP contribution in [0.5, 0.6) is 5.75 Å². The molecule has 6 nitrogen and oxygen atoms in total. The third kappa shape index (κ3) is 9.13. The molecular formula is C20H35N3O3S. The van der Waals surface area contributed by atoms with Gasteiger partial charge in [0.15, 0.2) is 15.8 Å². The summed E-state index contributed by atoms with van der Waals surface area (Å²) in [6.45, 7) is 11.0. The Morgan fingerprint density at radius 1 is 1.22 bits per heavy atom. The zero-order chi connectivity index (χ0) is 20.4. The van der Waals surface area contributed by atoms with E-state index in [0.29, 0.717) is 25.0 Å². The van der Waals surface area contributed by atoms with Crippen LogP contribution in [0, 0.1) is 12.8 Å². The molecule has 1 unspecified atom stereocenters. The second-order valence-electron chi connectivity index (χ2n) is 7.26. The van der Waals surface area contributed by atoms with Crippen LogP contribution in [0.1, 0.15) is 45.2 Å². The van der Waals surface area contributed by atoms with E-state index in [2.05, 4.69) is 54.6 Å². The van der Waals surface area contributed by atoms with Crippen molar-refractivity contribution in [3.05, 3.63) is 29.3 Å². The van der Waals surface area contributed by atoms with Crippen LogP contribution in [0.15, 0.2) is 23.2 Å². The summed E-state index contributed by atoms with van der Waals surface area (Å²) in [5, 5.41) is 6.27. The van der Waals surface area contributed by atoms with Crippen LogP contribution in [0.25, 0.3) is 0 Å². The van der Waals surface area contributed by atoms with Crippen LogP contribution in [0.2, 0.25) is 0 Å². The number of sulfone groups is 1. The minimum absolute atomic E-state index is 0.0931. The lowest BCUT2D eigenvalue weighted by molar-refractivity contribution is 0.191. The smallest absolute Gasteiger partial charge is 0.191 e. The van der Waals surface area contributed by atoms with Crippen molar-refractivity contribution < 1.29 is 13.2 Å². The number of ether oxygens (including phenoxy) is 1. The summed E-state index contributed by atoms with van der Waals surface area (Å²) < 4.78 is 29.3. The van der Waals surface area contributed by atoms with E-state index in [1.165, 1.54) is 0 Å². The number of aliphatic imine (C=N–C) groups is 1. The highest BCUT2D eigenvalue weighted by Crippen LogP contribution is 2.23. The molecule has 0 aliphatic carbocycles. The molecule has 154 valence electrons. The summed E-state index contributed by atoms with van der Waals surface area (Å²) in [6, 6.07) is 6.16. The van der Waals surface area contributed by atoms with Crippen LogP contribution in [-0.2, 0) is 16.4 Å². The Balaban J connectivity index is 2.69. The van der Waals surface area contributed by atoms with Crippen LogP contribution < -0.4 is 15.4 Å². The number of hydrogen-bond donors (Lipinski definition) is 2. The lowest BCUT2D eigenvalue weighted by Crippen LogP contribution is -2.39. The number of nitrogens with one attached hydrogen (secondary N) is 2. The fourth-order valence-corrected chi connectivity index (χ4v) is 3.42. The maximum absolute atomic E-state index is 11.6. The molecule has 0 saturated carbocycles. The van der Waals surface area contributed by atoms with E-state index in [1.807, 2.05) is 6.92 Å². The first kappa shape index (κ1) is 23.3. The number of aryl methyl sites for hydroxylation is 1. The van der Waals surface area contributed by atoms with Crippen LogP contribution in [0.3, 0.4) is 0 Å². The number of benzene rings is 1. The third-order valence-electron chi connectivity index (χ3n) is 4.17. The van der Waals surface area contributed by atoms with E-state index < -0.39 is 9.84 Å². The fourth-order valence-electron chi connectivity index (χ4n) is 2.72. The van der Waals surface area contributed by atoms with Crippen molar-refractivity contribution in [3.63, 3.8) is 0 Å². The lowest BCUT2D eigenvalue weighted by atomic mass is 10.1. The molecule has 1 aromatic carbocycles. The quantitative estimate of drug-likeness (QED) is 0.469. The van der Waals surface area contributed by atoms with Gasteiger partial charge in [-0.05, 0) is 37.8 Å². The second kappa shape index (κ2) is 11.2. The Morgan fingerprint density at radius 3 is 2.52 bits per heavy atom. The van der Waals surface area contributed by atoms with Crippen molar-refractivity contribution in [1.82, 2.24) is 10.6 Å². The zero-order valence-electron chi connectivity index (χ0n) is 17.5. The Morgan fingerprint density at radius 2 is 1.93 bits per heavy atom. The van der Waals surface area contributed by atoms with Gasteiger partial charge in [-0.25, -0.2) is 8.42 Å². The number of nitrogens with zero attached hydrogens (tertiary/aromatic N) is 1. The topological polar surface area (TPSA) is 79.8 Å². The summed E-state index contributed by atoms with van der Waals surface area (Å²) in [5.41, 5.74) is 2.19. The summed E-state index contributed by atoms with van der Waals surface area (Å²) >= 11 is 0. The molecule has 0 amide bonds. The standard InChI is InChI=1S/C20H35N3O3S/c1-7-27(24,25)11-10-22-20(21-6)23-14-18-9-8-16(4)13-19(18)26-17(5)12-15(2)3/h8-9,13,15,17H,7,10-12,14H2,1-6H3,(H2,21,22,23). The summed E-state index contributed by atoms with van der Waals surface area (Å²) in [4.78, 5) is 4.15. The Labute approximate surface area is 164 Å². The van der Waals surface area contributed by atoms with Crippen LogP contribution in [0.4, 0.5) is 0 Å². The van der Waals surface area contributed by atoms with Crippen LogP contribution >= 0.6 is 0 Å². The van der Waals surface area contributed by atoms with Gasteiger partial charge >= 0.3 is 0 Å². The Bertz CT molecular complexity index is 715. The average Bonchev–Trinajstić information content (AvgIpc) is 2.58. The molecule has 0 aromatic heterocycles. The largest absolute Gasteiger partial charge is 0.490 e. The number of hydrogen-bond acceptors (Lipinski definition) is 4. The predicted octanol–water partition coefficient (Wildman–Crippen LogP) is 2.91. The first-order valence-corrected chi connectivity index (χ1v) is 11.4. The molecule has 27 heavy (non-hydrogen) atoms. The highest BCUT2D eigenvalue weighted by atomic mass is 32.2. The molecule has 0 spiro atoms. The molecule has 0 heterocycles. The van der Waals surface area contributed by atoms with Gasteiger partial charge in [0.25, 0.3) is 0 Å². The van der Waals surface area contributed by atoms with Crippen LogP contribution in [-0.4, -0.2) is 45.6 Å². The first-order chi connectivity index (χ1) is 12.7. The van der Waals surface area contributed by atoms with E-state index in [9.17, 15) is 8.42 Å². The van der Waals surface area contributed by atoms with E-state index in [4.69, 9.17) is 4.74 Å². The molecular weight excluding hydrogens is 362 g/mol. The average molecular weight is 398 g/mol. The van der Waals surface area contributed by atoms with Gasteiger partial charge < -0.3 is 15.4 Å². The predicted molar refractivity (Wildman–Crippen MR) is 113 cm³/mol. The molecule has 1 aromatic rings. The van der Waals surface area contributed by atoms with Crippen molar-refractivity contribution in [2.45, 2.75) is 53.7 Å². The molecule has 0 saturated heterocycles. The number of rotatable bonds is 10. The van der Waals surface area contributed by atoms with Gasteiger partial charge in [-0.1, -0.05) is 32.9 Å². The maximum Gasteiger partial charge on any atom is 0.191 e. The van der Waals surface area contributed by atoms with Crippen molar-refractivity contribution in [3.8, 4) is 5.75 Å². The van der Waals surface area contributed by atoms with E-state index in [-0.39, 0.29) is 17.6 Å². The van der Waals surface area contributed by atoms with E-state index in [1.54, 1.807) is 14.0 Å². The van der Waals surface area contributed by atoms with Crippen molar-refractivity contribution in [1.29, 1.82) is 0 Å². The van der Waals surface area contributed by atoms with Gasteiger partial charge in [0, 0.05) is 31.5 Å². The zero-order valence-corrected chi connectivity index (χ0v) is 18.3. The molecule has 0 aliphatic heterocycles. The Hall–Kier alpha value is -1.76. The van der Waals surface area contributed by atoms with Crippen molar-refractivity contribution in [2.75, 3.05) is 25.1 Å². The second-order valence-corrected chi connectivity index (χ2v) is 9.73. The highest BCUT2D eigenvalue weighted by Gasteiger charge is 2.12. The molecule has 1 atom stereocenters. The third-order valence-corrected chi connectivity index (χ3v) is 5.88. The highest BCUT2D eigenvalue weighted by molar-refractivity contribution is 7.91. The molecule has 7 heteroatoms. The van der Waals surface area contributed by atoms with Gasteiger partial charge in [0.05, 0.1) is 11.9 Å². The molecule has 0 bridgehead atoms. The molecule has 0 radical (unpaired) electrons. The van der Waals surface area contributed by atoms with E-state index >= 15 is 0 Å². The fraction of sp³-hybridized carbons (Fsp3) is 0.650. The lowest BCUT2D eigenvalue weighted by Gasteiger charge is -2.20. The van der Waals surface area contributed by atoms with Gasteiger partial charge in [0.1, 0.15) is 5.75 Å². The number of guanidine groups is 1. The van der Waals surface area contributed by atoms with Gasteiger partial charge in [-0.3, -0.25) is 4.99 Å². The summed E-state index contributed by atoms with van der Waals surface area (Å²) in [5.74, 6) is 2.27. The SMILES string of the molecule is CCS(=O)(=O)CCNC(=NC)NCc1ccc(C)cc1OC(C)CC(C)C. The van der Waals surface area contributed by atoms with Crippen molar-refractivity contribution in [2.24, 2.45) is 10.9 Å². The summed E-state index contributed by atoms with van der Waals surface area (Å²) in [7, 11) is -1.32. The molecule has 0 aliphatic rings. The minimum atomic E-state index is -2.99. The molecule has 1 rings (SSSR count). The van der Waals surface area contributed by atoms with Gasteiger partial charge in [-0.15, -0.1) is 0 Å². The first-order valence-electron chi connectivity index (χ1n) is 9.58. The van der Waals surface area contributed by atoms with E-state index in [0.717, 1.165) is 23.3 Å². The van der Waals surface area contributed by atoms with Crippen molar-refractivity contribution >= 4 is 15.8 Å². The monoisotopic (exact) mass is 397 g/mol. The van der Waals surface area contributed by atoms with Gasteiger partial charge in [0.2, 0.25) is 0 Å². The maximum atomic E-state index is 11.6. The molecule has 0 fully saturated rings.